The molecule has 0 saturated carbocycles. The van der Waals surface area contributed by atoms with Gasteiger partial charge < -0.3 is 15.3 Å². The number of fused-ring (bicyclic) bond motifs is 1. The lowest BCUT2D eigenvalue weighted by Crippen LogP contribution is -2.05. The standard InChI is InChI=1S/C19H15N3O4S/c23-15-9-13(18(25)26)16(24)8-12(15)17-20-21-19(27)22(17)14-7-3-5-10-4-1-2-6-11(10)14/h2-3,5-9,23-24H,1,4H2,(H,21,27)(H,25,26). The van der Waals surface area contributed by atoms with Crippen LogP contribution in [0.5, 0.6) is 11.5 Å². The molecule has 0 fully saturated rings. The van der Waals surface area contributed by atoms with E-state index in [-0.39, 0.29) is 17.1 Å². The minimum absolute atomic E-state index is 0.169. The molecule has 4 N–H and O–H groups in total. The predicted molar refractivity (Wildman–Crippen MR) is 102 cm³/mol. The molecule has 1 aliphatic carbocycles. The van der Waals surface area contributed by atoms with Crippen LogP contribution in [-0.2, 0) is 6.42 Å². The molecule has 0 atom stereocenters. The minimum atomic E-state index is -1.34. The van der Waals surface area contributed by atoms with E-state index < -0.39 is 17.3 Å². The van der Waals surface area contributed by atoms with Gasteiger partial charge in [0.15, 0.2) is 10.6 Å². The van der Waals surface area contributed by atoms with Gasteiger partial charge in [-0.1, -0.05) is 24.3 Å². The monoisotopic (exact) mass is 381 g/mol. The fraction of sp³-hybridized carbons (Fsp3) is 0.105. The lowest BCUT2D eigenvalue weighted by atomic mass is 9.96. The van der Waals surface area contributed by atoms with E-state index >= 15 is 0 Å². The van der Waals surface area contributed by atoms with Crippen molar-refractivity contribution in [2.24, 2.45) is 0 Å². The van der Waals surface area contributed by atoms with Crippen LogP contribution in [0.3, 0.4) is 0 Å². The molecular formula is C19H15N3O4S. The summed E-state index contributed by atoms with van der Waals surface area (Å²) in [5.41, 5.74) is 2.75. The highest BCUT2D eigenvalue weighted by molar-refractivity contribution is 7.71. The van der Waals surface area contributed by atoms with Crippen LogP contribution < -0.4 is 0 Å². The highest BCUT2D eigenvalue weighted by Gasteiger charge is 2.21. The number of hydrogen-bond acceptors (Lipinski definition) is 5. The highest BCUT2D eigenvalue weighted by Crippen LogP contribution is 2.36. The maximum atomic E-state index is 11.2. The zero-order chi connectivity index (χ0) is 19.1. The van der Waals surface area contributed by atoms with Crippen LogP contribution in [0.25, 0.3) is 23.2 Å². The van der Waals surface area contributed by atoms with Crippen molar-refractivity contribution in [3.8, 4) is 28.6 Å². The summed E-state index contributed by atoms with van der Waals surface area (Å²) in [5, 5.41) is 36.4. The van der Waals surface area contributed by atoms with Crippen molar-refractivity contribution in [1.82, 2.24) is 14.8 Å². The van der Waals surface area contributed by atoms with E-state index in [0.29, 0.717) is 4.77 Å². The number of nitrogens with zero attached hydrogens (tertiary/aromatic N) is 2. The maximum absolute atomic E-state index is 11.2. The van der Waals surface area contributed by atoms with Crippen molar-refractivity contribution in [2.75, 3.05) is 0 Å². The molecule has 1 heterocycles. The number of carboxylic acids is 1. The van der Waals surface area contributed by atoms with E-state index in [0.717, 1.165) is 30.2 Å². The van der Waals surface area contributed by atoms with Crippen molar-refractivity contribution in [3.63, 3.8) is 0 Å². The molecule has 0 amide bonds. The van der Waals surface area contributed by atoms with E-state index in [9.17, 15) is 15.0 Å². The number of hydrogen-bond donors (Lipinski definition) is 4. The first kappa shape index (κ1) is 17.0. The number of aromatic hydroxyl groups is 2. The Morgan fingerprint density at radius 2 is 2.04 bits per heavy atom. The second-order valence-electron chi connectivity index (χ2n) is 6.17. The summed E-state index contributed by atoms with van der Waals surface area (Å²) in [7, 11) is 0. The van der Waals surface area contributed by atoms with Gasteiger partial charge in [0.1, 0.15) is 17.1 Å². The predicted octanol–water partition coefficient (Wildman–Crippen LogP) is 3.67. The van der Waals surface area contributed by atoms with Gasteiger partial charge in [-0.15, -0.1) is 0 Å². The number of aromatic nitrogens is 3. The molecule has 8 heteroatoms. The fourth-order valence-corrected chi connectivity index (χ4v) is 3.50. The summed E-state index contributed by atoms with van der Waals surface area (Å²) in [6.45, 7) is 0. The molecule has 136 valence electrons. The number of carboxylic acid groups (broad SMARTS) is 1. The molecule has 1 aromatic heterocycles. The molecule has 3 aromatic rings. The molecule has 0 bridgehead atoms. The van der Waals surface area contributed by atoms with Crippen molar-refractivity contribution >= 4 is 24.3 Å². The Morgan fingerprint density at radius 3 is 2.81 bits per heavy atom. The average Bonchev–Trinajstić information content (AvgIpc) is 3.03. The zero-order valence-electron chi connectivity index (χ0n) is 14.0. The Labute approximate surface area is 158 Å². The van der Waals surface area contributed by atoms with Crippen LogP contribution in [0.15, 0.2) is 36.4 Å². The summed E-state index contributed by atoms with van der Waals surface area (Å²) >= 11 is 5.39. The molecule has 0 radical (unpaired) electrons. The van der Waals surface area contributed by atoms with Gasteiger partial charge in [-0.3, -0.25) is 9.67 Å². The molecule has 0 aliphatic heterocycles. The number of aromatic amines is 1. The maximum Gasteiger partial charge on any atom is 0.339 e. The molecule has 2 aromatic carbocycles. The summed E-state index contributed by atoms with van der Waals surface area (Å²) in [6, 6.07) is 8.04. The van der Waals surface area contributed by atoms with Gasteiger partial charge >= 0.3 is 5.97 Å². The van der Waals surface area contributed by atoms with Crippen molar-refractivity contribution in [3.05, 3.63) is 57.9 Å². The number of benzene rings is 2. The Morgan fingerprint density at radius 1 is 1.22 bits per heavy atom. The third-order valence-electron chi connectivity index (χ3n) is 4.54. The topological polar surface area (TPSA) is 111 Å². The van der Waals surface area contributed by atoms with E-state index in [1.54, 1.807) is 4.57 Å². The first-order valence-electron chi connectivity index (χ1n) is 8.23. The second-order valence-corrected chi connectivity index (χ2v) is 6.56. The number of nitrogens with one attached hydrogen (secondary N) is 1. The zero-order valence-corrected chi connectivity index (χ0v) is 14.8. The van der Waals surface area contributed by atoms with Gasteiger partial charge in [0.05, 0.1) is 11.3 Å². The van der Waals surface area contributed by atoms with Crippen molar-refractivity contribution in [2.45, 2.75) is 12.8 Å². The van der Waals surface area contributed by atoms with Crippen molar-refractivity contribution in [1.29, 1.82) is 0 Å². The van der Waals surface area contributed by atoms with Crippen LogP contribution in [0, 0.1) is 4.77 Å². The molecule has 1 aliphatic rings. The molecule has 0 spiro atoms. The van der Waals surface area contributed by atoms with Crippen molar-refractivity contribution < 1.29 is 20.1 Å². The van der Waals surface area contributed by atoms with Crippen LogP contribution in [0.1, 0.15) is 27.9 Å². The number of phenolic OH excluding ortho intramolecular Hbond substituents is 1. The van der Waals surface area contributed by atoms with Gasteiger partial charge in [0.25, 0.3) is 0 Å². The van der Waals surface area contributed by atoms with E-state index in [1.165, 1.54) is 11.6 Å². The number of H-pyrrole nitrogens is 1. The number of aryl methyl sites for hydroxylation is 1. The fourth-order valence-electron chi connectivity index (χ4n) is 3.27. The van der Waals surface area contributed by atoms with Gasteiger partial charge in [-0.05, 0) is 48.8 Å². The third-order valence-corrected chi connectivity index (χ3v) is 4.81. The Bertz CT molecular complexity index is 1160. The highest BCUT2D eigenvalue weighted by atomic mass is 32.1. The number of aromatic carboxylic acids is 1. The van der Waals surface area contributed by atoms with E-state index in [1.807, 2.05) is 18.2 Å². The summed E-state index contributed by atoms with van der Waals surface area (Å²) in [4.78, 5) is 11.2. The smallest absolute Gasteiger partial charge is 0.339 e. The molecule has 0 unspecified atom stereocenters. The molecule has 27 heavy (non-hydrogen) atoms. The second kappa shape index (κ2) is 6.40. The molecule has 0 saturated heterocycles. The Kier molecular flexibility index (Phi) is 4.04. The molecular weight excluding hydrogens is 366 g/mol. The summed E-state index contributed by atoms with van der Waals surface area (Å²) in [6.07, 6.45) is 5.99. The van der Waals surface area contributed by atoms with Gasteiger partial charge in [-0.25, -0.2) is 4.79 Å². The first-order valence-corrected chi connectivity index (χ1v) is 8.64. The van der Waals surface area contributed by atoms with Crippen LogP contribution in [0.4, 0.5) is 0 Å². The first-order chi connectivity index (χ1) is 13.0. The van der Waals surface area contributed by atoms with Gasteiger partial charge in [0.2, 0.25) is 0 Å². The largest absolute Gasteiger partial charge is 0.507 e. The SMILES string of the molecule is O=C(O)c1cc(O)c(-c2n[nH]c(=S)n2-c2cccc3c2C=CCC3)cc1O. The quantitative estimate of drug-likeness (QED) is 0.407. The number of carbonyl (C=O) groups is 1. The number of phenols is 2. The lowest BCUT2D eigenvalue weighted by Gasteiger charge is -2.17. The van der Waals surface area contributed by atoms with Gasteiger partial charge in [-0.2, -0.15) is 5.10 Å². The van der Waals surface area contributed by atoms with Gasteiger partial charge in [0, 0.05) is 5.56 Å². The normalized spacial score (nSPS) is 12.7. The lowest BCUT2D eigenvalue weighted by molar-refractivity contribution is 0.0693. The molecule has 4 rings (SSSR count). The summed E-state index contributed by atoms with van der Waals surface area (Å²) in [5.74, 6) is -1.85. The number of rotatable bonds is 3. The number of allylic oxidation sites excluding steroid dienone is 1. The third kappa shape index (κ3) is 2.80. The van der Waals surface area contributed by atoms with Crippen LogP contribution >= 0.6 is 12.2 Å². The van der Waals surface area contributed by atoms with E-state index in [4.69, 9.17) is 17.3 Å². The van der Waals surface area contributed by atoms with E-state index in [2.05, 4.69) is 22.3 Å². The van der Waals surface area contributed by atoms with Crippen LogP contribution in [0.2, 0.25) is 0 Å². The molecule has 7 nitrogen and oxygen atoms in total. The summed E-state index contributed by atoms with van der Waals surface area (Å²) < 4.78 is 1.98. The minimum Gasteiger partial charge on any atom is -0.507 e. The Hall–Kier alpha value is -3.39. The Balaban J connectivity index is 1.96. The van der Waals surface area contributed by atoms with Crippen LogP contribution in [-0.4, -0.2) is 36.1 Å². The average molecular weight is 381 g/mol.